The molecule has 4 heteroatoms. The van der Waals surface area contributed by atoms with Crippen molar-refractivity contribution < 1.29 is 9.90 Å². The summed E-state index contributed by atoms with van der Waals surface area (Å²) in [5.41, 5.74) is 0.891. The lowest BCUT2D eigenvalue weighted by atomic mass is 10.1. The molecule has 0 heterocycles. The number of amides is 1. The first-order chi connectivity index (χ1) is 8.17. The highest BCUT2D eigenvalue weighted by Gasteiger charge is 2.12. The van der Waals surface area contributed by atoms with Gasteiger partial charge in [0.25, 0.3) is 0 Å². The van der Waals surface area contributed by atoms with E-state index in [2.05, 4.69) is 27.8 Å². The second-order valence-corrected chi connectivity index (χ2v) is 4.60. The van der Waals surface area contributed by atoms with Crippen LogP contribution in [0.3, 0.4) is 0 Å². The van der Waals surface area contributed by atoms with Crippen LogP contribution >= 0.6 is 15.9 Å². The van der Waals surface area contributed by atoms with E-state index in [4.69, 9.17) is 0 Å². The van der Waals surface area contributed by atoms with Gasteiger partial charge in [-0.05, 0) is 24.1 Å². The van der Waals surface area contributed by atoms with Crippen LogP contribution in [-0.2, 0) is 4.79 Å². The summed E-state index contributed by atoms with van der Waals surface area (Å²) in [5.74, 6) is -0.0770. The Kier molecular flexibility index (Phi) is 5.94. The van der Waals surface area contributed by atoms with E-state index in [0.29, 0.717) is 12.8 Å². The molecule has 0 saturated heterocycles. The summed E-state index contributed by atoms with van der Waals surface area (Å²) in [6.45, 7) is 3.46. The van der Waals surface area contributed by atoms with Gasteiger partial charge in [-0.2, -0.15) is 0 Å². The number of nitrogens with one attached hydrogen (secondary N) is 1. The van der Waals surface area contributed by atoms with Crippen LogP contribution in [0, 0.1) is 0 Å². The van der Waals surface area contributed by atoms with E-state index >= 15 is 0 Å². The standard InChI is InChI=1S/C13H16BrNO2/c1-2-3-4-13(17)15-12(9-16)10-5-7-11(14)8-6-10/h2,5-8,12,16H,1,3-4,9H2,(H,15,17). The molecule has 0 aliphatic carbocycles. The minimum atomic E-state index is -0.347. The maximum atomic E-state index is 11.5. The first-order valence-corrected chi connectivity index (χ1v) is 6.23. The Hall–Kier alpha value is -1.13. The molecule has 0 saturated carbocycles. The molecule has 0 aliphatic rings. The average Bonchev–Trinajstić information content (AvgIpc) is 2.34. The number of rotatable bonds is 6. The molecule has 3 nitrogen and oxygen atoms in total. The van der Waals surface area contributed by atoms with Crippen LogP contribution in [0.1, 0.15) is 24.4 Å². The van der Waals surface area contributed by atoms with Gasteiger partial charge in [0.1, 0.15) is 0 Å². The van der Waals surface area contributed by atoms with E-state index in [1.165, 1.54) is 0 Å². The first-order valence-electron chi connectivity index (χ1n) is 5.44. The number of carbonyl (C=O) groups excluding carboxylic acids is 1. The van der Waals surface area contributed by atoms with Gasteiger partial charge in [-0.15, -0.1) is 6.58 Å². The molecule has 0 radical (unpaired) electrons. The molecule has 1 atom stereocenters. The summed E-state index contributed by atoms with van der Waals surface area (Å²) in [7, 11) is 0. The highest BCUT2D eigenvalue weighted by molar-refractivity contribution is 9.10. The van der Waals surface area contributed by atoms with Crippen molar-refractivity contribution in [2.45, 2.75) is 18.9 Å². The SMILES string of the molecule is C=CCCC(=O)NC(CO)c1ccc(Br)cc1. The van der Waals surface area contributed by atoms with Gasteiger partial charge in [0.2, 0.25) is 5.91 Å². The number of allylic oxidation sites excluding steroid dienone is 1. The zero-order valence-electron chi connectivity index (χ0n) is 9.53. The molecule has 0 aromatic heterocycles. The minimum Gasteiger partial charge on any atom is -0.394 e. The lowest BCUT2D eigenvalue weighted by Gasteiger charge is -2.16. The molecule has 0 spiro atoms. The van der Waals surface area contributed by atoms with Gasteiger partial charge in [-0.3, -0.25) is 4.79 Å². The maximum absolute atomic E-state index is 11.5. The lowest BCUT2D eigenvalue weighted by Crippen LogP contribution is -2.30. The Morgan fingerprint density at radius 2 is 2.12 bits per heavy atom. The fourth-order valence-electron chi connectivity index (χ4n) is 1.43. The molecular formula is C13H16BrNO2. The fourth-order valence-corrected chi connectivity index (χ4v) is 1.69. The highest BCUT2D eigenvalue weighted by Crippen LogP contribution is 2.16. The summed E-state index contributed by atoms with van der Waals surface area (Å²) in [4.78, 5) is 11.5. The van der Waals surface area contributed by atoms with E-state index in [9.17, 15) is 9.90 Å². The average molecular weight is 298 g/mol. The Labute approximate surface area is 110 Å². The third-order valence-electron chi connectivity index (χ3n) is 2.37. The summed E-state index contributed by atoms with van der Waals surface area (Å²) < 4.78 is 0.968. The van der Waals surface area contributed by atoms with Gasteiger partial charge in [0.05, 0.1) is 12.6 Å². The number of benzene rings is 1. The Morgan fingerprint density at radius 3 is 2.65 bits per heavy atom. The van der Waals surface area contributed by atoms with E-state index < -0.39 is 0 Å². The van der Waals surface area contributed by atoms with E-state index in [0.717, 1.165) is 10.0 Å². The highest BCUT2D eigenvalue weighted by atomic mass is 79.9. The Balaban J connectivity index is 2.62. The topological polar surface area (TPSA) is 49.3 Å². The maximum Gasteiger partial charge on any atom is 0.220 e. The molecule has 1 rings (SSSR count). The van der Waals surface area contributed by atoms with Gasteiger partial charge < -0.3 is 10.4 Å². The van der Waals surface area contributed by atoms with Crippen LogP contribution in [0.4, 0.5) is 0 Å². The van der Waals surface area contributed by atoms with E-state index in [1.807, 2.05) is 24.3 Å². The van der Waals surface area contributed by atoms with Crippen LogP contribution in [0.5, 0.6) is 0 Å². The van der Waals surface area contributed by atoms with Gasteiger partial charge in [-0.1, -0.05) is 34.1 Å². The number of hydrogen-bond acceptors (Lipinski definition) is 2. The van der Waals surface area contributed by atoms with Crippen molar-refractivity contribution in [2.24, 2.45) is 0 Å². The van der Waals surface area contributed by atoms with Crippen molar-refractivity contribution in [3.63, 3.8) is 0 Å². The molecule has 17 heavy (non-hydrogen) atoms. The fraction of sp³-hybridized carbons (Fsp3) is 0.308. The quantitative estimate of drug-likeness (QED) is 0.793. The van der Waals surface area contributed by atoms with Crippen molar-refractivity contribution in [3.05, 3.63) is 47.0 Å². The lowest BCUT2D eigenvalue weighted by molar-refractivity contribution is -0.122. The summed E-state index contributed by atoms with van der Waals surface area (Å²) in [5, 5.41) is 12.1. The molecule has 1 amide bonds. The molecule has 0 bridgehead atoms. The number of halogens is 1. The molecule has 0 fully saturated rings. The number of aliphatic hydroxyl groups is 1. The summed E-state index contributed by atoms with van der Waals surface area (Å²) in [6.07, 6.45) is 2.74. The third-order valence-corrected chi connectivity index (χ3v) is 2.89. The summed E-state index contributed by atoms with van der Waals surface area (Å²) in [6, 6.07) is 7.17. The van der Waals surface area contributed by atoms with Crippen molar-refractivity contribution in [1.29, 1.82) is 0 Å². The molecule has 0 aliphatic heterocycles. The second-order valence-electron chi connectivity index (χ2n) is 3.68. The number of carbonyl (C=O) groups is 1. The minimum absolute atomic E-state index is 0.0770. The van der Waals surface area contributed by atoms with Gasteiger partial charge in [0, 0.05) is 10.9 Å². The molecule has 2 N–H and O–H groups in total. The van der Waals surface area contributed by atoms with E-state index in [-0.39, 0.29) is 18.6 Å². The van der Waals surface area contributed by atoms with Gasteiger partial charge >= 0.3 is 0 Å². The van der Waals surface area contributed by atoms with Crippen molar-refractivity contribution in [3.8, 4) is 0 Å². The Bertz CT molecular complexity index is 376. The Morgan fingerprint density at radius 1 is 1.47 bits per heavy atom. The van der Waals surface area contributed by atoms with Gasteiger partial charge in [-0.25, -0.2) is 0 Å². The number of hydrogen-bond donors (Lipinski definition) is 2. The van der Waals surface area contributed by atoms with Crippen LogP contribution in [0.15, 0.2) is 41.4 Å². The van der Waals surface area contributed by atoms with Crippen LogP contribution in [-0.4, -0.2) is 17.6 Å². The number of aliphatic hydroxyl groups excluding tert-OH is 1. The van der Waals surface area contributed by atoms with Crippen LogP contribution < -0.4 is 5.32 Å². The molecular weight excluding hydrogens is 282 g/mol. The monoisotopic (exact) mass is 297 g/mol. The normalized spacial score (nSPS) is 11.9. The predicted octanol–water partition coefficient (Wildman–Crippen LogP) is 2.56. The first kappa shape index (κ1) is 13.9. The third kappa shape index (κ3) is 4.71. The molecule has 1 unspecified atom stereocenters. The molecule has 1 aromatic carbocycles. The second kappa shape index (κ2) is 7.25. The zero-order valence-corrected chi connectivity index (χ0v) is 11.1. The molecule has 1 aromatic rings. The van der Waals surface area contributed by atoms with E-state index in [1.54, 1.807) is 6.08 Å². The van der Waals surface area contributed by atoms with Gasteiger partial charge in [0.15, 0.2) is 0 Å². The van der Waals surface area contributed by atoms with Crippen molar-refractivity contribution in [1.82, 2.24) is 5.32 Å². The zero-order chi connectivity index (χ0) is 12.7. The van der Waals surface area contributed by atoms with Crippen LogP contribution in [0.25, 0.3) is 0 Å². The largest absolute Gasteiger partial charge is 0.394 e. The summed E-state index contributed by atoms with van der Waals surface area (Å²) >= 11 is 3.34. The molecule has 92 valence electrons. The smallest absolute Gasteiger partial charge is 0.220 e. The van der Waals surface area contributed by atoms with Crippen molar-refractivity contribution in [2.75, 3.05) is 6.61 Å². The van der Waals surface area contributed by atoms with Crippen molar-refractivity contribution >= 4 is 21.8 Å². The van der Waals surface area contributed by atoms with Crippen LogP contribution in [0.2, 0.25) is 0 Å². The predicted molar refractivity (Wildman–Crippen MR) is 71.5 cm³/mol.